The fourth-order valence-corrected chi connectivity index (χ4v) is 2.60. The molecular formula is C12H16Cl2N2O. The van der Waals surface area contributed by atoms with Crippen LogP contribution in [0.15, 0.2) is 18.5 Å². The molecule has 0 radical (unpaired) electrons. The van der Waals surface area contributed by atoms with E-state index in [-0.39, 0.29) is 12.4 Å². The number of pyridine rings is 1. The number of halogens is 2. The fraction of sp³-hybridized carbons (Fsp3) is 0.583. The zero-order chi connectivity index (χ0) is 11.0. The van der Waals surface area contributed by atoms with Gasteiger partial charge in [-0.2, -0.15) is 0 Å². The summed E-state index contributed by atoms with van der Waals surface area (Å²) in [6, 6.07) is 3.27. The standard InChI is InChI=1S/C12H15ClN2O.ClH/c13-9-5-11(7-14-6-9)16-2-1-10-3-8-4-12(8)15-10;/h5-8,10,12,15H,1-4H2;1H/t8-,10+,12+;/m0./s1. The van der Waals surface area contributed by atoms with Crippen molar-refractivity contribution in [3.63, 3.8) is 0 Å². The number of hydrogen-bond donors (Lipinski definition) is 1. The highest BCUT2D eigenvalue weighted by molar-refractivity contribution is 6.30. The average Bonchev–Trinajstić information content (AvgIpc) is 2.87. The lowest BCUT2D eigenvalue weighted by molar-refractivity contribution is 0.286. The second kappa shape index (κ2) is 5.42. The third kappa shape index (κ3) is 3.24. The molecule has 1 aliphatic heterocycles. The van der Waals surface area contributed by atoms with Gasteiger partial charge in [-0.05, 0) is 25.2 Å². The van der Waals surface area contributed by atoms with Gasteiger partial charge in [0.15, 0.2) is 0 Å². The van der Waals surface area contributed by atoms with E-state index in [0.29, 0.717) is 11.1 Å². The Labute approximate surface area is 112 Å². The van der Waals surface area contributed by atoms with Crippen molar-refractivity contribution in [1.29, 1.82) is 0 Å². The van der Waals surface area contributed by atoms with E-state index in [9.17, 15) is 0 Å². The molecular weight excluding hydrogens is 259 g/mol. The molecule has 1 aromatic rings. The van der Waals surface area contributed by atoms with Gasteiger partial charge in [-0.3, -0.25) is 4.98 Å². The molecule has 2 fully saturated rings. The minimum Gasteiger partial charge on any atom is -0.492 e. The Hall–Kier alpha value is -0.510. The zero-order valence-corrected chi connectivity index (χ0v) is 11.0. The van der Waals surface area contributed by atoms with Crippen LogP contribution in [-0.4, -0.2) is 23.7 Å². The van der Waals surface area contributed by atoms with Gasteiger partial charge in [0.05, 0.1) is 17.8 Å². The summed E-state index contributed by atoms with van der Waals surface area (Å²) >= 11 is 5.82. The van der Waals surface area contributed by atoms with Gasteiger partial charge in [-0.1, -0.05) is 11.6 Å². The van der Waals surface area contributed by atoms with E-state index in [2.05, 4.69) is 10.3 Å². The van der Waals surface area contributed by atoms with Crippen LogP contribution in [0.25, 0.3) is 0 Å². The summed E-state index contributed by atoms with van der Waals surface area (Å²) in [7, 11) is 0. The summed E-state index contributed by atoms with van der Waals surface area (Å²) in [5.74, 6) is 1.72. The van der Waals surface area contributed by atoms with Crippen molar-refractivity contribution in [2.45, 2.75) is 31.3 Å². The molecule has 1 aromatic heterocycles. The predicted octanol–water partition coefficient (Wildman–Crippen LogP) is 2.68. The van der Waals surface area contributed by atoms with Crippen molar-refractivity contribution >= 4 is 24.0 Å². The predicted molar refractivity (Wildman–Crippen MR) is 70.0 cm³/mol. The highest BCUT2D eigenvalue weighted by Gasteiger charge is 2.45. The Morgan fingerprint density at radius 3 is 3.00 bits per heavy atom. The van der Waals surface area contributed by atoms with Gasteiger partial charge in [0.2, 0.25) is 0 Å². The molecule has 0 spiro atoms. The molecule has 3 atom stereocenters. The van der Waals surface area contributed by atoms with Crippen LogP contribution in [0.2, 0.25) is 5.02 Å². The Morgan fingerprint density at radius 2 is 2.29 bits per heavy atom. The number of nitrogens with one attached hydrogen (secondary N) is 1. The fourth-order valence-electron chi connectivity index (χ4n) is 2.44. The zero-order valence-electron chi connectivity index (χ0n) is 9.43. The minimum absolute atomic E-state index is 0. The van der Waals surface area contributed by atoms with E-state index in [4.69, 9.17) is 16.3 Å². The smallest absolute Gasteiger partial charge is 0.139 e. The SMILES string of the molecule is Cl.Clc1cncc(OCC[C@@H]2C[C@H]3C[C@H]3N2)c1. The molecule has 1 aliphatic carbocycles. The molecule has 17 heavy (non-hydrogen) atoms. The Kier molecular flexibility index (Phi) is 4.13. The summed E-state index contributed by atoms with van der Waals surface area (Å²) < 4.78 is 5.61. The number of fused-ring (bicyclic) bond motifs is 1. The maximum Gasteiger partial charge on any atom is 0.139 e. The Bertz CT molecular complexity index is 379. The normalized spacial score (nSPS) is 29.4. The minimum atomic E-state index is 0. The highest BCUT2D eigenvalue weighted by atomic mass is 35.5. The summed E-state index contributed by atoms with van der Waals surface area (Å²) in [4.78, 5) is 3.98. The third-order valence-corrected chi connectivity index (χ3v) is 3.58. The van der Waals surface area contributed by atoms with E-state index in [1.807, 2.05) is 0 Å². The van der Waals surface area contributed by atoms with Gasteiger partial charge in [0.1, 0.15) is 5.75 Å². The van der Waals surface area contributed by atoms with Gasteiger partial charge < -0.3 is 10.1 Å². The molecule has 2 aliphatic rings. The lowest BCUT2D eigenvalue weighted by atomic mass is 10.1. The maximum absolute atomic E-state index is 5.82. The van der Waals surface area contributed by atoms with E-state index in [1.54, 1.807) is 18.5 Å². The van der Waals surface area contributed by atoms with Crippen molar-refractivity contribution in [1.82, 2.24) is 10.3 Å². The van der Waals surface area contributed by atoms with E-state index >= 15 is 0 Å². The molecule has 1 saturated heterocycles. The molecule has 94 valence electrons. The van der Waals surface area contributed by atoms with Gasteiger partial charge in [0, 0.05) is 24.3 Å². The molecule has 0 unspecified atom stereocenters. The third-order valence-electron chi connectivity index (χ3n) is 3.37. The largest absolute Gasteiger partial charge is 0.492 e. The second-order valence-electron chi connectivity index (χ2n) is 4.68. The summed E-state index contributed by atoms with van der Waals surface area (Å²) in [5, 5.41) is 4.23. The van der Waals surface area contributed by atoms with Crippen LogP contribution >= 0.6 is 24.0 Å². The van der Waals surface area contributed by atoms with Gasteiger partial charge in [-0.15, -0.1) is 12.4 Å². The van der Waals surface area contributed by atoms with Crippen molar-refractivity contribution in [3.8, 4) is 5.75 Å². The van der Waals surface area contributed by atoms with Crippen LogP contribution in [0.5, 0.6) is 5.75 Å². The molecule has 3 rings (SSSR count). The van der Waals surface area contributed by atoms with Crippen molar-refractivity contribution in [3.05, 3.63) is 23.5 Å². The average molecular weight is 275 g/mol. The van der Waals surface area contributed by atoms with E-state index < -0.39 is 0 Å². The van der Waals surface area contributed by atoms with Crippen LogP contribution in [0.3, 0.4) is 0 Å². The first-order valence-corrected chi connectivity index (χ1v) is 6.18. The Morgan fingerprint density at radius 1 is 1.41 bits per heavy atom. The second-order valence-corrected chi connectivity index (χ2v) is 5.11. The molecule has 0 aromatic carbocycles. The number of piperidine rings is 1. The molecule has 3 nitrogen and oxygen atoms in total. The Balaban J connectivity index is 0.00000108. The summed E-state index contributed by atoms with van der Waals surface area (Å²) in [5.41, 5.74) is 0. The first kappa shape index (κ1) is 12.9. The number of aromatic nitrogens is 1. The number of nitrogens with zero attached hydrogens (tertiary/aromatic N) is 1. The lowest BCUT2D eigenvalue weighted by Gasteiger charge is -2.13. The van der Waals surface area contributed by atoms with Crippen molar-refractivity contribution < 1.29 is 4.74 Å². The maximum atomic E-state index is 5.82. The van der Waals surface area contributed by atoms with Gasteiger partial charge in [0.25, 0.3) is 0 Å². The topological polar surface area (TPSA) is 34.1 Å². The van der Waals surface area contributed by atoms with Crippen LogP contribution in [0.1, 0.15) is 19.3 Å². The van der Waals surface area contributed by atoms with Crippen molar-refractivity contribution in [2.75, 3.05) is 6.61 Å². The van der Waals surface area contributed by atoms with Gasteiger partial charge >= 0.3 is 0 Å². The lowest BCUT2D eigenvalue weighted by Crippen LogP contribution is -2.27. The molecule has 1 N–H and O–H groups in total. The van der Waals surface area contributed by atoms with Gasteiger partial charge in [-0.25, -0.2) is 0 Å². The number of hydrogen-bond acceptors (Lipinski definition) is 3. The molecule has 0 amide bonds. The quantitative estimate of drug-likeness (QED) is 0.917. The molecule has 0 bridgehead atoms. The van der Waals surface area contributed by atoms with Crippen molar-refractivity contribution in [2.24, 2.45) is 5.92 Å². The summed E-state index contributed by atoms with van der Waals surface area (Å²) in [6.45, 7) is 0.735. The van der Waals surface area contributed by atoms with Crippen LogP contribution in [0, 0.1) is 5.92 Å². The number of ether oxygens (including phenoxy) is 1. The van der Waals surface area contributed by atoms with E-state index in [1.165, 1.54) is 12.8 Å². The van der Waals surface area contributed by atoms with E-state index in [0.717, 1.165) is 30.7 Å². The summed E-state index contributed by atoms with van der Waals surface area (Å²) in [6.07, 6.45) is 7.09. The molecule has 1 saturated carbocycles. The number of rotatable bonds is 4. The highest BCUT2D eigenvalue weighted by Crippen LogP contribution is 2.41. The monoisotopic (exact) mass is 274 g/mol. The first-order chi connectivity index (χ1) is 7.81. The molecule has 5 heteroatoms. The molecule has 2 heterocycles. The first-order valence-electron chi connectivity index (χ1n) is 5.80. The van der Waals surface area contributed by atoms with Crippen LogP contribution in [0.4, 0.5) is 0 Å². The van der Waals surface area contributed by atoms with Crippen LogP contribution in [-0.2, 0) is 0 Å². The van der Waals surface area contributed by atoms with Crippen LogP contribution < -0.4 is 10.1 Å².